The number of para-hydroxylation sites is 1. The molecule has 3 N–H and O–H groups in total. The van der Waals surface area contributed by atoms with E-state index >= 15 is 0 Å². The number of H-pyrrole nitrogens is 1. The van der Waals surface area contributed by atoms with Gasteiger partial charge in [0.05, 0.1) is 21.2 Å². The van der Waals surface area contributed by atoms with Gasteiger partial charge in [-0.3, -0.25) is 14.6 Å². The molecule has 4 rings (SSSR count). The number of rotatable bonds is 6. The molecule has 0 unspecified atom stereocenters. The fourth-order valence-corrected chi connectivity index (χ4v) is 4.18. The van der Waals surface area contributed by atoms with Crippen molar-refractivity contribution in [1.82, 2.24) is 9.78 Å². The van der Waals surface area contributed by atoms with Crippen LogP contribution in [0.25, 0.3) is 18.5 Å². The van der Waals surface area contributed by atoms with E-state index in [0.29, 0.717) is 27.6 Å². The van der Waals surface area contributed by atoms with Crippen molar-refractivity contribution in [2.75, 3.05) is 10.0 Å². The number of benzene rings is 3. The summed E-state index contributed by atoms with van der Waals surface area (Å²) in [6.07, 6.45) is 1.55. The predicted octanol–water partition coefficient (Wildman–Crippen LogP) is 2.54. The summed E-state index contributed by atoms with van der Waals surface area (Å²) in [5.41, 5.74) is 2.69. The zero-order chi connectivity index (χ0) is 22.7. The van der Waals surface area contributed by atoms with E-state index in [-0.39, 0.29) is 10.5 Å². The van der Waals surface area contributed by atoms with Gasteiger partial charge in [-0.15, -0.1) is 0 Å². The van der Waals surface area contributed by atoms with Gasteiger partial charge in [-0.25, -0.2) is 13.1 Å². The van der Waals surface area contributed by atoms with E-state index in [0.717, 1.165) is 5.56 Å². The Morgan fingerprint density at radius 3 is 2.22 bits per heavy atom. The van der Waals surface area contributed by atoms with Crippen molar-refractivity contribution in [3.8, 4) is 5.69 Å². The molecule has 1 aromatic heterocycles. The molecular formula is C24H22N4O3S. The van der Waals surface area contributed by atoms with Gasteiger partial charge < -0.3 is 5.32 Å². The Kier molecular flexibility index (Phi) is 5.70. The first-order chi connectivity index (χ1) is 15.3. The van der Waals surface area contributed by atoms with Crippen LogP contribution in [0.2, 0.25) is 0 Å². The van der Waals surface area contributed by atoms with Crippen molar-refractivity contribution in [3.05, 3.63) is 105 Å². The molecule has 0 saturated carbocycles. The summed E-state index contributed by atoms with van der Waals surface area (Å²) < 4.78 is 29.1. The monoisotopic (exact) mass is 446 g/mol. The van der Waals surface area contributed by atoms with Crippen molar-refractivity contribution in [2.24, 2.45) is 0 Å². The zero-order valence-electron chi connectivity index (χ0n) is 17.4. The second kappa shape index (κ2) is 8.60. The van der Waals surface area contributed by atoms with Crippen molar-refractivity contribution < 1.29 is 8.42 Å². The first kappa shape index (κ1) is 21.2. The van der Waals surface area contributed by atoms with Crippen LogP contribution in [0.3, 0.4) is 0 Å². The van der Waals surface area contributed by atoms with Gasteiger partial charge in [0, 0.05) is 17.6 Å². The minimum absolute atomic E-state index is 0.133. The normalized spacial score (nSPS) is 12.0. The Bertz CT molecular complexity index is 1500. The third-order valence-corrected chi connectivity index (χ3v) is 6.27. The maximum atomic E-state index is 12.8. The highest BCUT2D eigenvalue weighted by atomic mass is 32.2. The number of hydrogen-bond donors (Lipinski definition) is 3. The minimum atomic E-state index is -3.70. The van der Waals surface area contributed by atoms with E-state index in [9.17, 15) is 13.2 Å². The molecule has 32 heavy (non-hydrogen) atoms. The molecule has 162 valence electrons. The second-order valence-corrected chi connectivity index (χ2v) is 8.95. The fraction of sp³-hybridized carbons (Fsp3) is 0.0417. The number of aryl methyl sites for hydroxylation is 1. The molecule has 0 radical (unpaired) electrons. The minimum Gasteiger partial charge on any atom is -0.361 e. The lowest BCUT2D eigenvalue weighted by molar-refractivity contribution is 0.601. The summed E-state index contributed by atoms with van der Waals surface area (Å²) in [5.74, 6) is 0. The van der Waals surface area contributed by atoms with Crippen LogP contribution in [-0.2, 0) is 10.0 Å². The summed E-state index contributed by atoms with van der Waals surface area (Å²) in [5, 5.41) is 6.85. The van der Waals surface area contributed by atoms with Crippen molar-refractivity contribution in [2.45, 2.75) is 11.8 Å². The molecule has 1 heterocycles. The fourth-order valence-electron chi connectivity index (χ4n) is 3.13. The SMILES string of the molecule is C=c1[nH]n(-c2ccc(C)cc2)c(=O)c1=CNc1ccc(S(=O)(=O)Nc2ccccc2)cc1. The molecule has 4 aromatic rings. The third kappa shape index (κ3) is 4.50. The molecule has 0 atom stereocenters. The lowest BCUT2D eigenvalue weighted by atomic mass is 10.2. The van der Waals surface area contributed by atoms with Gasteiger partial charge in [-0.05, 0) is 55.5 Å². The van der Waals surface area contributed by atoms with Gasteiger partial charge >= 0.3 is 0 Å². The van der Waals surface area contributed by atoms with Gasteiger partial charge in [0.1, 0.15) is 0 Å². The van der Waals surface area contributed by atoms with E-state index < -0.39 is 10.0 Å². The standard InChI is InChI=1S/C24H22N4O3S/c1-17-8-12-21(13-9-17)28-24(29)23(18(2)26-28)16-25-19-10-14-22(15-11-19)32(30,31)27-20-6-4-3-5-7-20/h3-16,25-27H,2H2,1H3. The van der Waals surface area contributed by atoms with E-state index in [1.165, 1.54) is 16.8 Å². The van der Waals surface area contributed by atoms with Crippen molar-refractivity contribution in [3.63, 3.8) is 0 Å². The average molecular weight is 447 g/mol. The maximum Gasteiger partial charge on any atom is 0.280 e. The number of anilines is 2. The molecule has 0 saturated heterocycles. The summed E-state index contributed by atoms with van der Waals surface area (Å²) in [6.45, 7) is 5.89. The topological polar surface area (TPSA) is 96.0 Å². The molecule has 0 spiro atoms. The Labute approximate surface area is 185 Å². The lowest BCUT2D eigenvalue weighted by Gasteiger charge is -2.08. The zero-order valence-corrected chi connectivity index (χ0v) is 18.2. The highest BCUT2D eigenvalue weighted by Gasteiger charge is 2.13. The number of nitrogens with zero attached hydrogens (tertiary/aromatic N) is 1. The van der Waals surface area contributed by atoms with E-state index in [2.05, 4.69) is 21.7 Å². The Balaban J connectivity index is 1.55. The summed E-state index contributed by atoms with van der Waals surface area (Å²) in [4.78, 5) is 12.9. The van der Waals surface area contributed by atoms with Gasteiger partial charge in [-0.2, -0.15) is 0 Å². The second-order valence-electron chi connectivity index (χ2n) is 7.26. The third-order valence-electron chi connectivity index (χ3n) is 4.87. The Hall–Kier alpha value is -4.04. The summed E-state index contributed by atoms with van der Waals surface area (Å²) >= 11 is 0. The number of sulfonamides is 1. The van der Waals surface area contributed by atoms with Gasteiger partial charge in [0.2, 0.25) is 0 Å². The lowest BCUT2D eigenvalue weighted by Crippen LogP contribution is -2.34. The number of aromatic amines is 1. The van der Waals surface area contributed by atoms with E-state index in [1.807, 2.05) is 37.3 Å². The molecule has 7 nitrogen and oxygen atoms in total. The molecule has 0 aliphatic heterocycles. The van der Waals surface area contributed by atoms with Crippen molar-refractivity contribution >= 4 is 34.2 Å². The summed E-state index contributed by atoms with van der Waals surface area (Å²) in [6, 6.07) is 22.5. The first-order valence-electron chi connectivity index (χ1n) is 9.85. The molecule has 3 aromatic carbocycles. The smallest absolute Gasteiger partial charge is 0.280 e. The van der Waals surface area contributed by atoms with Crippen LogP contribution in [-0.4, -0.2) is 18.2 Å². The van der Waals surface area contributed by atoms with Crippen LogP contribution in [0.1, 0.15) is 5.56 Å². The number of nitrogens with one attached hydrogen (secondary N) is 3. The van der Waals surface area contributed by atoms with Crippen LogP contribution in [0, 0.1) is 6.92 Å². The molecule has 0 aliphatic rings. The maximum absolute atomic E-state index is 12.8. The van der Waals surface area contributed by atoms with Crippen LogP contribution in [0.5, 0.6) is 0 Å². The first-order valence-corrected chi connectivity index (χ1v) is 11.3. The molecule has 8 heteroatoms. The molecule has 0 bridgehead atoms. The van der Waals surface area contributed by atoms with Gasteiger partial charge in [0.15, 0.2) is 0 Å². The van der Waals surface area contributed by atoms with Crippen LogP contribution in [0.15, 0.2) is 88.6 Å². The average Bonchev–Trinajstić information content (AvgIpc) is 3.07. The van der Waals surface area contributed by atoms with Gasteiger partial charge in [0.25, 0.3) is 15.6 Å². The largest absolute Gasteiger partial charge is 0.361 e. The highest BCUT2D eigenvalue weighted by molar-refractivity contribution is 7.92. The number of hydrogen-bond acceptors (Lipinski definition) is 4. The molecular weight excluding hydrogens is 424 g/mol. The predicted molar refractivity (Wildman–Crippen MR) is 128 cm³/mol. The van der Waals surface area contributed by atoms with E-state index in [4.69, 9.17) is 0 Å². The Morgan fingerprint density at radius 1 is 0.906 bits per heavy atom. The molecule has 0 aliphatic carbocycles. The Morgan fingerprint density at radius 2 is 1.56 bits per heavy atom. The molecule has 0 fully saturated rings. The van der Waals surface area contributed by atoms with E-state index in [1.54, 1.807) is 42.6 Å². The van der Waals surface area contributed by atoms with Crippen molar-refractivity contribution in [1.29, 1.82) is 0 Å². The molecule has 0 amide bonds. The van der Waals surface area contributed by atoms with Crippen LogP contribution in [0.4, 0.5) is 11.4 Å². The number of aromatic nitrogens is 2. The summed E-state index contributed by atoms with van der Waals surface area (Å²) in [7, 11) is -3.70. The highest BCUT2D eigenvalue weighted by Crippen LogP contribution is 2.18. The van der Waals surface area contributed by atoms with Gasteiger partial charge in [-0.1, -0.05) is 42.5 Å². The van der Waals surface area contributed by atoms with Crippen LogP contribution >= 0.6 is 0 Å². The van der Waals surface area contributed by atoms with Crippen LogP contribution < -0.4 is 26.2 Å². The quantitative estimate of drug-likeness (QED) is 0.424.